The number of rotatable bonds is 17. The molecule has 0 saturated carbocycles. The number of carbonyl (C=O) groups excluding carboxylic acids is 5. The van der Waals surface area contributed by atoms with Crippen LogP contribution in [-0.4, -0.2) is 86.9 Å². The van der Waals surface area contributed by atoms with Crippen LogP contribution in [0.15, 0.2) is 0 Å². The van der Waals surface area contributed by atoms with E-state index < -0.39 is 104 Å². The summed E-state index contributed by atoms with van der Waals surface area (Å²) >= 11 is 0. The third-order valence-electron chi connectivity index (χ3n) is 4.35. The first-order valence-corrected chi connectivity index (χ1v) is 10.0. The fourth-order valence-corrected chi connectivity index (χ4v) is 2.57. The molecule has 17 nitrogen and oxygen atoms in total. The van der Waals surface area contributed by atoms with Crippen molar-refractivity contribution in [3.63, 3.8) is 0 Å². The van der Waals surface area contributed by atoms with Crippen molar-refractivity contribution < 1.29 is 53.7 Å². The van der Waals surface area contributed by atoms with Crippen LogP contribution in [0.4, 0.5) is 0 Å². The normalized spacial score (nSPS) is 13.9. The highest BCUT2D eigenvalue weighted by atomic mass is 16.4. The summed E-state index contributed by atoms with van der Waals surface area (Å²) in [4.78, 5) is 92.5. The van der Waals surface area contributed by atoms with Crippen molar-refractivity contribution in [2.45, 2.75) is 62.7 Å². The number of amides is 5. The first kappa shape index (κ1) is 30.7. The van der Waals surface area contributed by atoms with Gasteiger partial charge in [0.15, 0.2) is 0 Å². The number of primary amides is 2. The van der Waals surface area contributed by atoms with Gasteiger partial charge in [-0.15, -0.1) is 0 Å². The molecule has 5 amide bonds. The van der Waals surface area contributed by atoms with Gasteiger partial charge in [0.2, 0.25) is 29.5 Å². The Kier molecular flexibility index (Phi) is 13.0. The standard InChI is InChI=1S/C18H28N6O11/c19-7(1-4-13(27)28)15(31)23-10(6-14(29)30)17(33)24-9(5-12(21)26)16(32)22-8(18(34)35)2-3-11(20)25/h7-10H,1-6,19H2,(H2,20,25)(H2,21,26)(H,22,32)(H,23,31)(H,24,33)(H,27,28)(H,29,30)(H,34,35). The van der Waals surface area contributed by atoms with Crippen LogP contribution in [-0.2, 0) is 38.4 Å². The quantitative estimate of drug-likeness (QED) is 0.0902. The van der Waals surface area contributed by atoms with Gasteiger partial charge in [-0.3, -0.25) is 33.6 Å². The summed E-state index contributed by atoms with van der Waals surface area (Å²) in [6.07, 6.45) is -3.42. The van der Waals surface area contributed by atoms with Crippen LogP contribution in [0, 0.1) is 0 Å². The number of nitrogens with one attached hydrogen (secondary N) is 3. The third-order valence-corrected chi connectivity index (χ3v) is 4.35. The monoisotopic (exact) mass is 504 g/mol. The van der Waals surface area contributed by atoms with Crippen LogP contribution in [0.2, 0.25) is 0 Å². The Balaban J connectivity index is 5.53. The van der Waals surface area contributed by atoms with Crippen molar-refractivity contribution in [3.8, 4) is 0 Å². The molecule has 0 heterocycles. The van der Waals surface area contributed by atoms with E-state index in [4.69, 9.17) is 27.4 Å². The largest absolute Gasteiger partial charge is 0.481 e. The van der Waals surface area contributed by atoms with E-state index in [1.807, 2.05) is 16.0 Å². The number of aliphatic carboxylic acids is 3. The van der Waals surface area contributed by atoms with E-state index in [9.17, 15) is 43.5 Å². The van der Waals surface area contributed by atoms with E-state index in [-0.39, 0.29) is 6.42 Å². The van der Waals surface area contributed by atoms with E-state index >= 15 is 0 Å². The SMILES string of the molecule is NC(=O)CCC(NC(=O)C(CC(N)=O)NC(=O)C(CC(=O)O)NC(=O)C(N)CCC(=O)O)C(=O)O. The van der Waals surface area contributed by atoms with Crippen LogP contribution >= 0.6 is 0 Å². The zero-order valence-electron chi connectivity index (χ0n) is 18.4. The van der Waals surface area contributed by atoms with Gasteiger partial charge < -0.3 is 48.5 Å². The second-order valence-electron chi connectivity index (χ2n) is 7.33. The molecule has 0 rings (SSSR count). The zero-order valence-corrected chi connectivity index (χ0v) is 18.4. The number of carboxylic acid groups (broad SMARTS) is 3. The fraction of sp³-hybridized carbons (Fsp3) is 0.556. The Morgan fingerprint density at radius 1 is 0.600 bits per heavy atom. The number of carboxylic acids is 3. The van der Waals surface area contributed by atoms with Gasteiger partial charge in [0.25, 0.3) is 0 Å². The Morgan fingerprint density at radius 3 is 1.51 bits per heavy atom. The van der Waals surface area contributed by atoms with Gasteiger partial charge in [0.1, 0.15) is 18.1 Å². The van der Waals surface area contributed by atoms with Gasteiger partial charge in [-0.2, -0.15) is 0 Å². The summed E-state index contributed by atoms with van der Waals surface area (Å²) < 4.78 is 0. The predicted molar refractivity (Wildman–Crippen MR) is 113 cm³/mol. The second-order valence-corrected chi connectivity index (χ2v) is 7.33. The number of hydrogen-bond acceptors (Lipinski definition) is 9. The lowest BCUT2D eigenvalue weighted by Gasteiger charge is -2.24. The van der Waals surface area contributed by atoms with Gasteiger partial charge in [-0.25, -0.2) is 4.79 Å². The van der Waals surface area contributed by atoms with Gasteiger partial charge in [-0.1, -0.05) is 0 Å². The Bertz CT molecular complexity index is 862. The third kappa shape index (κ3) is 13.1. The van der Waals surface area contributed by atoms with E-state index in [2.05, 4.69) is 0 Å². The van der Waals surface area contributed by atoms with Crippen LogP contribution in [0.3, 0.4) is 0 Å². The van der Waals surface area contributed by atoms with E-state index in [1.54, 1.807) is 0 Å². The van der Waals surface area contributed by atoms with Gasteiger partial charge in [-0.05, 0) is 12.8 Å². The molecule has 0 aromatic carbocycles. The molecule has 196 valence electrons. The fourth-order valence-electron chi connectivity index (χ4n) is 2.57. The smallest absolute Gasteiger partial charge is 0.326 e. The first-order valence-electron chi connectivity index (χ1n) is 10.0. The summed E-state index contributed by atoms with van der Waals surface area (Å²) in [6, 6.07) is -6.60. The molecule has 0 aliphatic rings. The van der Waals surface area contributed by atoms with Gasteiger partial charge in [0, 0.05) is 12.8 Å². The van der Waals surface area contributed by atoms with E-state index in [0.717, 1.165) is 0 Å². The zero-order chi connectivity index (χ0) is 27.3. The van der Waals surface area contributed by atoms with Crippen LogP contribution < -0.4 is 33.2 Å². The average Bonchev–Trinajstić information content (AvgIpc) is 2.72. The highest BCUT2D eigenvalue weighted by molar-refractivity contribution is 5.97. The molecule has 17 heteroatoms. The van der Waals surface area contributed by atoms with Crippen molar-refractivity contribution in [2.75, 3.05) is 0 Å². The molecule has 0 spiro atoms. The summed E-state index contributed by atoms with van der Waals surface area (Å²) in [5.74, 6) is -9.78. The molecule has 4 atom stereocenters. The van der Waals surface area contributed by atoms with Gasteiger partial charge in [0.05, 0.1) is 18.9 Å². The Morgan fingerprint density at radius 2 is 1.09 bits per heavy atom. The molecule has 0 radical (unpaired) electrons. The second kappa shape index (κ2) is 14.8. The van der Waals surface area contributed by atoms with Crippen molar-refractivity contribution in [3.05, 3.63) is 0 Å². The first-order chi connectivity index (χ1) is 16.1. The van der Waals surface area contributed by atoms with Crippen molar-refractivity contribution in [1.82, 2.24) is 16.0 Å². The van der Waals surface area contributed by atoms with Crippen LogP contribution in [0.5, 0.6) is 0 Å². The maximum absolute atomic E-state index is 12.6. The lowest BCUT2D eigenvalue weighted by atomic mass is 10.1. The highest BCUT2D eigenvalue weighted by Crippen LogP contribution is 2.03. The maximum atomic E-state index is 12.6. The van der Waals surface area contributed by atoms with E-state index in [1.165, 1.54) is 0 Å². The Hall–Kier alpha value is -4.28. The minimum atomic E-state index is -1.80. The molecule has 0 aliphatic heterocycles. The highest BCUT2D eigenvalue weighted by Gasteiger charge is 2.32. The van der Waals surface area contributed by atoms with Crippen molar-refractivity contribution in [2.24, 2.45) is 17.2 Å². The van der Waals surface area contributed by atoms with Gasteiger partial charge >= 0.3 is 17.9 Å². The molecular formula is C18H28N6O11. The summed E-state index contributed by atoms with van der Waals surface area (Å²) in [5.41, 5.74) is 15.5. The summed E-state index contributed by atoms with van der Waals surface area (Å²) in [7, 11) is 0. The topological polar surface area (TPSA) is 311 Å². The maximum Gasteiger partial charge on any atom is 0.326 e. The molecule has 4 unspecified atom stereocenters. The van der Waals surface area contributed by atoms with Crippen molar-refractivity contribution >= 4 is 47.4 Å². The average molecular weight is 504 g/mol. The molecule has 12 N–H and O–H groups in total. The minimum absolute atomic E-state index is 0.322. The summed E-state index contributed by atoms with van der Waals surface area (Å²) in [6.45, 7) is 0. The van der Waals surface area contributed by atoms with Crippen LogP contribution in [0.1, 0.15) is 38.5 Å². The molecule has 0 aliphatic carbocycles. The number of nitrogens with two attached hydrogens (primary N) is 3. The summed E-state index contributed by atoms with van der Waals surface area (Å²) in [5, 5.41) is 32.9. The molecule has 35 heavy (non-hydrogen) atoms. The molecule has 0 aromatic heterocycles. The minimum Gasteiger partial charge on any atom is -0.481 e. The Labute approximate surface area is 197 Å². The number of carbonyl (C=O) groups is 8. The van der Waals surface area contributed by atoms with Crippen molar-refractivity contribution in [1.29, 1.82) is 0 Å². The molecule has 0 saturated heterocycles. The molecule has 0 bridgehead atoms. The molecule has 0 fully saturated rings. The predicted octanol–water partition coefficient (Wildman–Crippen LogP) is -4.67. The molecule has 0 aromatic rings. The lowest BCUT2D eigenvalue weighted by molar-refractivity contribution is -0.144. The lowest BCUT2D eigenvalue weighted by Crippen LogP contribution is -2.58. The van der Waals surface area contributed by atoms with E-state index in [0.29, 0.717) is 0 Å². The molecular weight excluding hydrogens is 476 g/mol. The van der Waals surface area contributed by atoms with Crippen LogP contribution in [0.25, 0.3) is 0 Å². The number of hydrogen-bond donors (Lipinski definition) is 9.